The Kier molecular flexibility index (Phi) is 2.07. The van der Waals surface area contributed by atoms with Gasteiger partial charge in [-0.2, -0.15) is 0 Å². The summed E-state index contributed by atoms with van der Waals surface area (Å²) in [5.74, 6) is 0.189. The van der Waals surface area contributed by atoms with Crippen molar-refractivity contribution >= 4 is 28.1 Å². The lowest BCUT2D eigenvalue weighted by Crippen LogP contribution is -2.26. The summed E-state index contributed by atoms with van der Waals surface area (Å²) < 4.78 is 0. The number of aromatic nitrogens is 1. The van der Waals surface area contributed by atoms with E-state index in [1.807, 2.05) is 17.2 Å². The molecule has 0 saturated carbocycles. The van der Waals surface area contributed by atoms with Crippen molar-refractivity contribution < 1.29 is 4.79 Å². The van der Waals surface area contributed by atoms with Gasteiger partial charge in [0.1, 0.15) is 0 Å². The Balaban J connectivity index is 1.93. The van der Waals surface area contributed by atoms with E-state index in [1.54, 1.807) is 0 Å². The van der Waals surface area contributed by atoms with Crippen molar-refractivity contribution in [2.75, 3.05) is 17.2 Å². The number of anilines is 2. The zero-order valence-electron chi connectivity index (χ0n) is 10.5. The molecule has 3 heterocycles. The normalized spacial score (nSPS) is 20.2. The van der Waals surface area contributed by atoms with Crippen LogP contribution in [0.3, 0.4) is 0 Å². The molecule has 1 aromatic carbocycles. The molecule has 0 spiro atoms. The van der Waals surface area contributed by atoms with Gasteiger partial charge in [-0.05, 0) is 36.6 Å². The van der Waals surface area contributed by atoms with Gasteiger partial charge in [0, 0.05) is 17.5 Å². The highest BCUT2D eigenvalue weighted by atomic mass is 32.1. The lowest BCUT2D eigenvalue weighted by Gasteiger charge is -2.09. The Morgan fingerprint density at radius 2 is 2.32 bits per heavy atom. The van der Waals surface area contributed by atoms with Gasteiger partial charge in [0.15, 0.2) is 5.13 Å². The van der Waals surface area contributed by atoms with Crippen molar-refractivity contribution in [3.63, 3.8) is 0 Å². The molecule has 4 rings (SSSR count). The third-order valence-corrected chi connectivity index (χ3v) is 4.69. The van der Waals surface area contributed by atoms with Crippen LogP contribution in [0.2, 0.25) is 0 Å². The lowest BCUT2D eigenvalue weighted by molar-refractivity contribution is -0.118. The van der Waals surface area contributed by atoms with Gasteiger partial charge >= 0.3 is 0 Å². The molecule has 1 unspecified atom stereocenters. The highest BCUT2D eigenvalue weighted by molar-refractivity contribution is 7.13. The summed E-state index contributed by atoms with van der Waals surface area (Å²) in [4.78, 5) is 18.4. The molecule has 4 nitrogen and oxygen atoms in total. The zero-order valence-corrected chi connectivity index (χ0v) is 11.3. The number of carbonyl (C=O) groups excluding carboxylic acids is 1. The summed E-state index contributed by atoms with van der Waals surface area (Å²) in [7, 11) is 0. The topological polar surface area (TPSA) is 59.2 Å². The summed E-state index contributed by atoms with van der Waals surface area (Å²) in [6.07, 6.45) is 0.939. The van der Waals surface area contributed by atoms with Crippen LogP contribution in [0.5, 0.6) is 0 Å². The first kappa shape index (κ1) is 11.0. The fraction of sp³-hybridized carbons (Fsp3) is 0.286. The quantitative estimate of drug-likeness (QED) is 0.866. The molecule has 2 aromatic rings. The summed E-state index contributed by atoms with van der Waals surface area (Å²) in [6, 6.07) is 4.25. The van der Waals surface area contributed by atoms with Crippen LogP contribution in [0.4, 0.5) is 10.8 Å². The van der Waals surface area contributed by atoms with Gasteiger partial charge in [0.25, 0.3) is 0 Å². The molecule has 2 N–H and O–H groups in total. The molecule has 1 atom stereocenters. The number of carbonyl (C=O) groups is 1. The Labute approximate surface area is 114 Å². The second-order valence-corrected chi connectivity index (χ2v) is 6.00. The molecule has 19 heavy (non-hydrogen) atoms. The monoisotopic (exact) mass is 271 g/mol. The minimum Gasteiger partial charge on any atom is -0.375 e. The Hall–Kier alpha value is -1.88. The van der Waals surface area contributed by atoms with Crippen LogP contribution in [0.25, 0.3) is 11.3 Å². The second-order valence-electron chi connectivity index (χ2n) is 5.11. The maximum absolute atomic E-state index is 12.2. The molecule has 0 fully saturated rings. The van der Waals surface area contributed by atoms with E-state index in [-0.39, 0.29) is 11.8 Å². The fourth-order valence-corrected chi connectivity index (χ4v) is 3.64. The molecule has 2 aliphatic rings. The minimum atomic E-state index is -0.0371. The van der Waals surface area contributed by atoms with Crippen LogP contribution in [0.15, 0.2) is 17.5 Å². The van der Waals surface area contributed by atoms with E-state index in [1.165, 1.54) is 16.9 Å². The van der Waals surface area contributed by atoms with Gasteiger partial charge in [-0.15, -0.1) is 11.3 Å². The Morgan fingerprint density at radius 3 is 3.05 bits per heavy atom. The number of nitrogens with zero attached hydrogens (tertiary/aromatic N) is 2. The maximum Gasteiger partial charge on any atom is 0.234 e. The predicted octanol–water partition coefficient (Wildman–Crippen LogP) is 2.40. The summed E-state index contributed by atoms with van der Waals surface area (Å²) in [6.45, 7) is 2.80. The summed E-state index contributed by atoms with van der Waals surface area (Å²) >= 11 is 1.45. The number of amides is 1. The minimum absolute atomic E-state index is 0.0371. The number of nitrogens with two attached hydrogens (primary N) is 1. The van der Waals surface area contributed by atoms with Crippen LogP contribution in [0, 0.1) is 0 Å². The molecular formula is C14H13N3OS. The molecule has 5 heteroatoms. The number of hydrogen-bond acceptors (Lipinski definition) is 4. The first-order valence-corrected chi connectivity index (χ1v) is 7.22. The van der Waals surface area contributed by atoms with E-state index in [0.717, 1.165) is 35.5 Å². The molecule has 1 amide bonds. The summed E-state index contributed by atoms with van der Waals surface area (Å²) in [5.41, 5.74) is 11.2. The van der Waals surface area contributed by atoms with Crippen molar-refractivity contribution in [2.45, 2.75) is 19.3 Å². The van der Waals surface area contributed by atoms with Gasteiger partial charge in [0.2, 0.25) is 5.91 Å². The lowest BCUT2D eigenvalue weighted by atomic mass is 9.95. The number of nitrogen functional groups attached to an aromatic ring is 1. The molecule has 0 aliphatic carbocycles. The van der Waals surface area contributed by atoms with Crippen molar-refractivity contribution in [3.05, 3.63) is 28.6 Å². The zero-order chi connectivity index (χ0) is 13.1. The third-order valence-electron chi connectivity index (χ3n) is 4.01. The second kappa shape index (κ2) is 3.57. The standard InChI is InChI=1S/C14H13N3OS/c1-7-10-5-9(11-6-19-14(15)16-11)4-8-2-3-17(12(8)10)13(7)18/h4-7H,2-3H2,1H3,(H2,15,16). The largest absolute Gasteiger partial charge is 0.375 e. The SMILES string of the molecule is CC1C(=O)N2CCc3cc(-c4csc(N)n4)cc1c32. The van der Waals surface area contributed by atoms with E-state index in [9.17, 15) is 4.79 Å². The molecule has 0 saturated heterocycles. The van der Waals surface area contributed by atoms with Crippen molar-refractivity contribution in [3.8, 4) is 11.3 Å². The van der Waals surface area contributed by atoms with Gasteiger partial charge < -0.3 is 10.6 Å². The van der Waals surface area contributed by atoms with Crippen LogP contribution >= 0.6 is 11.3 Å². The predicted molar refractivity (Wildman–Crippen MR) is 76.4 cm³/mol. The molecule has 0 bridgehead atoms. The molecule has 96 valence electrons. The molecule has 1 aromatic heterocycles. The average molecular weight is 271 g/mol. The van der Waals surface area contributed by atoms with E-state index in [4.69, 9.17) is 5.73 Å². The fourth-order valence-electron chi connectivity index (χ4n) is 3.07. The Bertz CT molecular complexity index is 707. The van der Waals surface area contributed by atoms with E-state index in [0.29, 0.717) is 5.13 Å². The van der Waals surface area contributed by atoms with Crippen molar-refractivity contribution in [1.29, 1.82) is 0 Å². The first-order valence-electron chi connectivity index (χ1n) is 6.34. The van der Waals surface area contributed by atoms with Gasteiger partial charge in [0.05, 0.1) is 17.3 Å². The Morgan fingerprint density at radius 1 is 1.47 bits per heavy atom. The van der Waals surface area contributed by atoms with E-state index in [2.05, 4.69) is 17.1 Å². The molecular weight excluding hydrogens is 258 g/mol. The van der Waals surface area contributed by atoms with E-state index >= 15 is 0 Å². The van der Waals surface area contributed by atoms with Crippen LogP contribution in [-0.4, -0.2) is 17.4 Å². The number of rotatable bonds is 1. The molecule has 0 radical (unpaired) electrons. The van der Waals surface area contributed by atoms with Gasteiger partial charge in [-0.25, -0.2) is 4.98 Å². The van der Waals surface area contributed by atoms with Gasteiger partial charge in [-0.3, -0.25) is 4.79 Å². The first-order chi connectivity index (χ1) is 9.15. The van der Waals surface area contributed by atoms with Crippen LogP contribution in [0.1, 0.15) is 24.0 Å². The van der Waals surface area contributed by atoms with E-state index < -0.39 is 0 Å². The highest BCUT2D eigenvalue weighted by Crippen LogP contribution is 2.45. The van der Waals surface area contributed by atoms with Crippen LogP contribution in [-0.2, 0) is 11.2 Å². The molecule has 2 aliphatic heterocycles. The van der Waals surface area contributed by atoms with Crippen molar-refractivity contribution in [2.24, 2.45) is 0 Å². The number of thiazole rings is 1. The third kappa shape index (κ3) is 1.39. The highest BCUT2D eigenvalue weighted by Gasteiger charge is 2.39. The maximum atomic E-state index is 12.2. The van der Waals surface area contributed by atoms with Gasteiger partial charge in [-0.1, -0.05) is 0 Å². The smallest absolute Gasteiger partial charge is 0.234 e. The number of hydrogen-bond donors (Lipinski definition) is 1. The van der Waals surface area contributed by atoms with Crippen LogP contribution < -0.4 is 10.6 Å². The summed E-state index contributed by atoms with van der Waals surface area (Å²) in [5, 5.41) is 2.55. The average Bonchev–Trinajstić information content (AvgIpc) is 3.06. The number of benzene rings is 1. The van der Waals surface area contributed by atoms with Crippen molar-refractivity contribution in [1.82, 2.24) is 4.98 Å².